The third-order valence-corrected chi connectivity index (χ3v) is 9.74. The van der Waals surface area contributed by atoms with Crippen LogP contribution in [0.15, 0.2) is 174 Å². The van der Waals surface area contributed by atoms with Gasteiger partial charge < -0.3 is 9.52 Å². The molecule has 0 aliphatic rings. The second kappa shape index (κ2) is 11.6. The maximum Gasteiger partial charge on any atom is 0.149 e. The number of nitrogens with zero attached hydrogens (tertiary/aromatic N) is 3. The number of fused-ring (bicyclic) bond motifs is 6. The Morgan fingerprint density at radius 1 is 0.549 bits per heavy atom. The molecule has 0 fully saturated rings. The summed E-state index contributed by atoms with van der Waals surface area (Å²) in [6.07, 6.45) is 1.83. The second-order valence-corrected chi connectivity index (χ2v) is 12.8. The molecule has 0 amide bonds. The van der Waals surface area contributed by atoms with Gasteiger partial charge in [-0.1, -0.05) is 103 Å². The molecule has 0 saturated heterocycles. The van der Waals surface area contributed by atoms with Gasteiger partial charge in [0.25, 0.3) is 0 Å². The summed E-state index contributed by atoms with van der Waals surface area (Å²) in [7, 11) is 0. The zero-order valence-corrected chi connectivity index (χ0v) is 27.4. The molecule has 51 heavy (non-hydrogen) atoms. The Morgan fingerprint density at radius 2 is 1.27 bits per heavy atom. The van der Waals surface area contributed by atoms with Gasteiger partial charge in [0.1, 0.15) is 22.7 Å². The van der Waals surface area contributed by atoms with Crippen molar-refractivity contribution in [3.63, 3.8) is 0 Å². The molecule has 10 aromatic rings. The number of hydrogen-bond donors (Lipinski definition) is 1. The van der Waals surface area contributed by atoms with Gasteiger partial charge in [0.2, 0.25) is 0 Å². The quantitative estimate of drug-likeness (QED) is 0.200. The Labute approximate surface area is 293 Å². The fraction of sp³-hybridized carbons (Fsp3) is 0. The van der Waals surface area contributed by atoms with E-state index in [2.05, 4.69) is 108 Å². The van der Waals surface area contributed by atoms with E-state index < -0.39 is 0 Å². The van der Waals surface area contributed by atoms with Crippen LogP contribution in [0.4, 0.5) is 0 Å². The van der Waals surface area contributed by atoms with Gasteiger partial charge in [-0.2, -0.15) is 0 Å². The highest BCUT2D eigenvalue weighted by molar-refractivity contribution is 6.18. The third kappa shape index (κ3) is 4.71. The first-order valence-corrected chi connectivity index (χ1v) is 17.0. The first kappa shape index (κ1) is 29.0. The van der Waals surface area contributed by atoms with Crippen LogP contribution in [0, 0.1) is 0 Å². The van der Waals surface area contributed by atoms with Gasteiger partial charge in [0.05, 0.1) is 27.7 Å². The lowest BCUT2D eigenvalue weighted by molar-refractivity contribution is 0.477. The Bertz CT molecular complexity index is 2920. The molecule has 10 rings (SSSR count). The number of para-hydroxylation sites is 3. The Kier molecular flexibility index (Phi) is 6.58. The fourth-order valence-corrected chi connectivity index (χ4v) is 7.40. The summed E-state index contributed by atoms with van der Waals surface area (Å²) in [5.74, 6) is 0.851. The minimum absolute atomic E-state index is 0.180. The van der Waals surface area contributed by atoms with Crippen molar-refractivity contribution in [1.82, 2.24) is 14.5 Å². The van der Waals surface area contributed by atoms with Gasteiger partial charge in [-0.05, 0) is 82.7 Å². The van der Waals surface area contributed by atoms with Crippen LogP contribution in [0.1, 0.15) is 0 Å². The molecule has 1 N–H and O–H groups in total. The molecule has 0 unspecified atom stereocenters. The molecular formula is C46H29N3O2. The number of hydrogen-bond acceptors (Lipinski definition) is 4. The lowest BCUT2D eigenvalue weighted by Crippen LogP contribution is -1.97. The summed E-state index contributed by atoms with van der Waals surface area (Å²) in [5, 5.41) is 15.2. The van der Waals surface area contributed by atoms with E-state index in [0.717, 1.165) is 82.9 Å². The highest BCUT2D eigenvalue weighted by atomic mass is 16.3. The van der Waals surface area contributed by atoms with E-state index in [-0.39, 0.29) is 5.75 Å². The number of phenolic OH excluding ortho intramolecular Hbond substituents is 1. The molecule has 240 valence electrons. The number of furan rings is 1. The smallest absolute Gasteiger partial charge is 0.149 e. The number of phenols is 1. The van der Waals surface area contributed by atoms with Crippen molar-refractivity contribution in [3.05, 3.63) is 170 Å². The van der Waals surface area contributed by atoms with Gasteiger partial charge >= 0.3 is 0 Å². The van der Waals surface area contributed by atoms with Crippen LogP contribution < -0.4 is 0 Å². The standard InChI is InChI=1S/C46H29N3O2/c50-40-21-10-9-18-37(40)46-48-44-35(19-11-20-39(44)49(46)34-15-5-2-6-16-34)32-26-31(29-12-3-1-4-13-29)27-33(28-32)43-42-38-23-22-30-14-7-8-17-36(30)45(38)51-41(42)24-25-47-43/h1-28,50H. The Hall–Kier alpha value is -6.98. The Morgan fingerprint density at radius 3 is 2.14 bits per heavy atom. The lowest BCUT2D eigenvalue weighted by atomic mass is 9.93. The lowest BCUT2D eigenvalue weighted by Gasteiger charge is -2.12. The molecule has 0 aliphatic carbocycles. The SMILES string of the molecule is Oc1ccccc1-c1nc2c(-c3cc(-c4ccccc4)cc(-c4nccc5oc6c7ccccc7ccc6c45)c3)cccc2n1-c1ccccc1. The molecule has 0 spiro atoms. The van der Waals surface area contributed by atoms with Gasteiger partial charge in [0.15, 0.2) is 0 Å². The van der Waals surface area contributed by atoms with Gasteiger partial charge in [0, 0.05) is 33.8 Å². The zero-order valence-electron chi connectivity index (χ0n) is 27.4. The van der Waals surface area contributed by atoms with Gasteiger partial charge in [-0.3, -0.25) is 9.55 Å². The second-order valence-electron chi connectivity index (χ2n) is 12.8. The highest BCUT2D eigenvalue weighted by Gasteiger charge is 2.21. The molecule has 7 aromatic carbocycles. The minimum atomic E-state index is 0.180. The minimum Gasteiger partial charge on any atom is -0.507 e. The van der Waals surface area contributed by atoms with Crippen LogP contribution in [0.25, 0.3) is 94.3 Å². The van der Waals surface area contributed by atoms with Crippen LogP contribution in [0.3, 0.4) is 0 Å². The number of benzene rings is 7. The predicted octanol–water partition coefficient (Wildman–Crippen LogP) is 11.8. The fourth-order valence-electron chi connectivity index (χ4n) is 7.40. The topological polar surface area (TPSA) is 64.1 Å². The number of imidazole rings is 1. The van der Waals surface area contributed by atoms with Crippen molar-refractivity contribution in [2.45, 2.75) is 0 Å². The summed E-state index contributed by atoms with van der Waals surface area (Å²) in [4.78, 5) is 10.3. The maximum atomic E-state index is 11.0. The summed E-state index contributed by atoms with van der Waals surface area (Å²) >= 11 is 0. The van der Waals surface area contributed by atoms with E-state index in [4.69, 9.17) is 14.4 Å². The molecule has 3 aromatic heterocycles. The number of rotatable bonds is 5. The summed E-state index contributed by atoms with van der Waals surface area (Å²) in [5.41, 5.74) is 11.1. The molecular weight excluding hydrogens is 627 g/mol. The summed E-state index contributed by atoms with van der Waals surface area (Å²) in [6, 6.07) is 55.5. The van der Waals surface area contributed by atoms with Gasteiger partial charge in [-0.15, -0.1) is 0 Å². The van der Waals surface area contributed by atoms with Crippen molar-refractivity contribution in [2.24, 2.45) is 0 Å². The van der Waals surface area contributed by atoms with Crippen LogP contribution in [0.2, 0.25) is 0 Å². The number of pyridine rings is 1. The highest BCUT2D eigenvalue weighted by Crippen LogP contribution is 2.42. The monoisotopic (exact) mass is 655 g/mol. The molecule has 3 heterocycles. The summed E-state index contributed by atoms with van der Waals surface area (Å²) in [6.45, 7) is 0. The van der Waals surface area contributed by atoms with E-state index in [1.807, 2.05) is 60.8 Å². The van der Waals surface area contributed by atoms with E-state index in [1.165, 1.54) is 0 Å². The van der Waals surface area contributed by atoms with Crippen molar-refractivity contribution in [3.8, 4) is 56.3 Å². The normalized spacial score (nSPS) is 11.6. The molecule has 0 radical (unpaired) electrons. The first-order valence-electron chi connectivity index (χ1n) is 17.0. The van der Waals surface area contributed by atoms with E-state index in [1.54, 1.807) is 6.07 Å². The summed E-state index contributed by atoms with van der Waals surface area (Å²) < 4.78 is 8.68. The van der Waals surface area contributed by atoms with E-state index in [9.17, 15) is 5.11 Å². The molecule has 0 saturated carbocycles. The van der Waals surface area contributed by atoms with E-state index in [0.29, 0.717) is 11.4 Å². The van der Waals surface area contributed by atoms with Gasteiger partial charge in [-0.25, -0.2) is 4.98 Å². The van der Waals surface area contributed by atoms with Crippen molar-refractivity contribution < 1.29 is 9.52 Å². The largest absolute Gasteiger partial charge is 0.507 e. The van der Waals surface area contributed by atoms with Crippen molar-refractivity contribution in [1.29, 1.82) is 0 Å². The van der Waals surface area contributed by atoms with Crippen molar-refractivity contribution in [2.75, 3.05) is 0 Å². The predicted molar refractivity (Wildman–Crippen MR) is 207 cm³/mol. The Balaban J connectivity index is 1.25. The molecule has 0 bridgehead atoms. The van der Waals surface area contributed by atoms with E-state index >= 15 is 0 Å². The van der Waals surface area contributed by atoms with Crippen LogP contribution in [-0.2, 0) is 0 Å². The van der Waals surface area contributed by atoms with Crippen LogP contribution in [0.5, 0.6) is 5.75 Å². The third-order valence-electron chi connectivity index (χ3n) is 9.74. The number of aromatic nitrogens is 3. The zero-order chi connectivity index (χ0) is 33.9. The average Bonchev–Trinajstić information content (AvgIpc) is 3.78. The first-order chi connectivity index (χ1) is 25.2. The maximum absolute atomic E-state index is 11.0. The van der Waals surface area contributed by atoms with Crippen LogP contribution >= 0.6 is 0 Å². The molecule has 5 nitrogen and oxygen atoms in total. The average molecular weight is 656 g/mol. The number of aromatic hydroxyl groups is 1. The van der Waals surface area contributed by atoms with Crippen LogP contribution in [-0.4, -0.2) is 19.6 Å². The molecule has 5 heteroatoms. The molecule has 0 atom stereocenters. The molecule has 0 aliphatic heterocycles. The van der Waals surface area contributed by atoms with Crippen molar-refractivity contribution >= 4 is 43.7 Å².